The molecule has 0 aliphatic rings. The van der Waals surface area contributed by atoms with Crippen LogP contribution in [0, 0.1) is 26.7 Å². The van der Waals surface area contributed by atoms with Gasteiger partial charge in [0.15, 0.2) is 5.82 Å². The molecule has 0 spiro atoms. The van der Waals surface area contributed by atoms with Gasteiger partial charge < -0.3 is 5.11 Å². The van der Waals surface area contributed by atoms with Crippen LogP contribution in [0.5, 0.6) is 0 Å². The molecule has 0 aliphatic heterocycles. The van der Waals surface area contributed by atoms with Crippen LogP contribution < -0.4 is 0 Å². The monoisotopic (exact) mass is 259 g/mol. The first kappa shape index (κ1) is 13.7. The summed E-state index contributed by atoms with van der Waals surface area (Å²) < 4.78 is 1.76. The molecule has 0 aliphatic carbocycles. The van der Waals surface area contributed by atoms with Gasteiger partial charge in [0.05, 0.1) is 5.69 Å². The number of aromatic nitrogens is 3. The Bertz CT molecular complexity index is 587. The summed E-state index contributed by atoms with van der Waals surface area (Å²) in [4.78, 5) is 4.37. The number of aliphatic hydroxyl groups excluding tert-OH is 1. The van der Waals surface area contributed by atoms with E-state index < -0.39 is 6.10 Å². The number of benzene rings is 1. The minimum atomic E-state index is -0.609. The van der Waals surface area contributed by atoms with Crippen molar-refractivity contribution in [2.45, 2.75) is 40.7 Å². The smallest absolute Gasteiger partial charge is 0.161 e. The maximum atomic E-state index is 10.3. The number of rotatable bonds is 3. The molecule has 1 aromatic heterocycles. The molecule has 2 rings (SSSR count). The van der Waals surface area contributed by atoms with E-state index in [1.807, 2.05) is 39.8 Å². The zero-order valence-electron chi connectivity index (χ0n) is 12.2. The molecule has 2 aromatic rings. The quantitative estimate of drug-likeness (QED) is 0.922. The molecule has 0 bridgehead atoms. The van der Waals surface area contributed by atoms with E-state index in [1.54, 1.807) is 4.68 Å². The number of hydrogen-bond donors (Lipinski definition) is 1. The van der Waals surface area contributed by atoms with Crippen LogP contribution in [0.25, 0.3) is 5.69 Å². The third-order valence-electron chi connectivity index (χ3n) is 3.21. The van der Waals surface area contributed by atoms with Gasteiger partial charge in [-0.25, -0.2) is 9.67 Å². The summed E-state index contributed by atoms with van der Waals surface area (Å²) in [5, 5.41) is 14.7. The number of aryl methyl sites for hydroxylation is 3. The van der Waals surface area contributed by atoms with Gasteiger partial charge in [-0.2, -0.15) is 5.10 Å². The summed E-state index contributed by atoms with van der Waals surface area (Å²) in [6, 6.07) is 6.18. The highest BCUT2D eigenvalue weighted by Crippen LogP contribution is 2.24. The first-order valence-electron chi connectivity index (χ1n) is 6.59. The molecule has 0 saturated heterocycles. The van der Waals surface area contributed by atoms with Crippen LogP contribution in [-0.2, 0) is 0 Å². The Morgan fingerprint density at radius 1 is 1.16 bits per heavy atom. The van der Waals surface area contributed by atoms with E-state index in [9.17, 15) is 5.11 Å². The average molecular weight is 259 g/mol. The fourth-order valence-corrected chi connectivity index (χ4v) is 2.14. The van der Waals surface area contributed by atoms with Gasteiger partial charge in [0, 0.05) is 0 Å². The molecule has 102 valence electrons. The lowest BCUT2D eigenvalue weighted by Gasteiger charge is -2.16. The maximum absolute atomic E-state index is 10.3. The Kier molecular flexibility index (Phi) is 3.71. The van der Waals surface area contributed by atoms with E-state index >= 15 is 0 Å². The van der Waals surface area contributed by atoms with E-state index in [2.05, 4.69) is 23.1 Å². The summed E-state index contributed by atoms with van der Waals surface area (Å²) >= 11 is 0. The summed E-state index contributed by atoms with van der Waals surface area (Å²) in [5.41, 5.74) is 3.31. The Morgan fingerprint density at radius 2 is 1.84 bits per heavy atom. The number of aliphatic hydroxyl groups is 1. The highest BCUT2D eigenvalue weighted by Gasteiger charge is 2.21. The SMILES string of the molecule is Cc1ccc(-n2nc(C)nc2C(O)C(C)C)c(C)c1. The van der Waals surface area contributed by atoms with Crippen LogP contribution in [-0.4, -0.2) is 19.9 Å². The van der Waals surface area contributed by atoms with Gasteiger partial charge in [0.25, 0.3) is 0 Å². The Balaban J connectivity index is 2.56. The molecular formula is C15H21N3O. The lowest BCUT2D eigenvalue weighted by molar-refractivity contribution is 0.115. The normalized spacial score (nSPS) is 13.0. The second kappa shape index (κ2) is 5.13. The van der Waals surface area contributed by atoms with E-state index in [-0.39, 0.29) is 5.92 Å². The molecule has 1 atom stereocenters. The van der Waals surface area contributed by atoms with Crippen molar-refractivity contribution in [3.63, 3.8) is 0 Å². The van der Waals surface area contributed by atoms with Crippen molar-refractivity contribution in [3.05, 3.63) is 41.0 Å². The predicted molar refractivity (Wildman–Crippen MR) is 75.4 cm³/mol. The third-order valence-corrected chi connectivity index (χ3v) is 3.21. The molecule has 0 radical (unpaired) electrons. The Morgan fingerprint density at radius 3 is 2.42 bits per heavy atom. The fraction of sp³-hybridized carbons (Fsp3) is 0.467. The van der Waals surface area contributed by atoms with Gasteiger partial charge in [-0.15, -0.1) is 0 Å². The third kappa shape index (κ3) is 2.68. The second-order valence-electron chi connectivity index (χ2n) is 5.41. The van der Waals surface area contributed by atoms with Crippen molar-refractivity contribution in [3.8, 4) is 5.69 Å². The van der Waals surface area contributed by atoms with Crippen molar-refractivity contribution >= 4 is 0 Å². The molecule has 1 N–H and O–H groups in total. The number of nitrogens with zero attached hydrogens (tertiary/aromatic N) is 3. The summed E-state index contributed by atoms with van der Waals surface area (Å²) in [6.45, 7) is 9.90. The van der Waals surface area contributed by atoms with E-state index in [0.717, 1.165) is 11.3 Å². The van der Waals surface area contributed by atoms with Gasteiger partial charge >= 0.3 is 0 Å². The largest absolute Gasteiger partial charge is 0.385 e. The standard InChI is InChI=1S/C15H21N3O/c1-9(2)14(19)15-16-12(5)17-18(15)13-7-6-10(3)8-11(13)4/h6-9,14,19H,1-5H3. The van der Waals surface area contributed by atoms with Crippen LogP contribution in [0.1, 0.15) is 42.7 Å². The summed E-state index contributed by atoms with van der Waals surface area (Å²) in [5.74, 6) is 1.39. The first-order valence-corrected chi connectivity index (χ1v) is 6.59. The zero-order valence-corrected chi connectivity index (χ0v) is 12.2. The Labute approximate surface area is 114 Å². The van der Waals surface area contributed by atoms with Crippen LogP contribution in [0.4, 0.5) is 0 Å². The molecule has 0 saturated carbocycles. The average Bonchev–Trinajstić information content (AvgIpc) is 2.69. The molecule has 1 heterocycles. The lowest BCUT2D eigenvalue weighted by atomic mass is 10.1. The molecule has 0 fully saturated rings. The highest BCUT2D eigenvalue weighted by molar-refractivity contribution is 5.42. The number of hydrogen-bond acceptors (Lipinski definition) is 3. The van der Waals surface area contributed by atoms with Crippen molar-refractivity contribution in [2.24, 2.45) is 5.92 Å². The van der Waals surface area contributed by atoms with Crippen molar-refractivity contribution in [1.82, 2.24) is 14.8 Å². The van der Waals surface area contributed by atoms with Gasteiger partial charge in [-0.1, -0.05) is 31.5 Å². The molecule has 1 aromatic carbocycles. The summed E-state index contributed by atoms with van der Waals surface area (Å²) in [6.07, 6.45) is -0.609. The topological polar surface area (TPSA) is 50.9 Å². The van der Waals surface area contributed by atoms with Crippen LogP contribution in [0.3, 0.4) is 0 Å². The predicted octanol–water partition coefficient (Wildman–Crippen LogP) is 2.88. The molecule has 0 amide bonds. The minimum Gasteiger partial charge on any atom is -0.385 e. The minimum absolute atomic E-state index is 0.105. The van der Waals surface area contributed by atoms with Gasteiger partial charge in [0.2, 0.25) is 0 Å². The van der Waals surface area contributed by atoms with Gasteiger partial charge in [-0.3, -0.25) is 0 Å². The zero-order chi connectivity index (χ0) is 14.2. The fourth-order valence-electron chi connectivity index (χ4n) is 2.14. The second-order valence-corrected chi connectivity index (χ2v) is 5.41. The highest BCUT2D eigenvalue weighted by atomic mass is 16.3. The first-order chi connectivity index (χ1) is 8.90. The maximum Gasteiger partial charge on any atom is 0.161 e. The van der Waals surface area contributed by atoms with E-state index in [1.165, 1.54) is 5.56 Å². The van der Waals surface area contributed by atoms with E-state index in [0.29, 0.717) is 11.6 Å². The van der Waals surface area contributed by atoms with E-state index in [4.69, 9.17) is 0 Å². The molecule has 4 nitrogen and oxygen atoms in total. The molecule has 4 heteroatoms. The Hall–Kier alpha value is -1.68. The van der Waals surface area contributed by atoms with Crippen LogP contribution >= 0.6 is 0 Å². The molecule has 19 heavy (non-hydrogen) atoms. The van der Waals surface area contributed by atoms with Crippen molar-refractivity contribution in [2.75, 3.05) is 0 Å². The van der Waals surface area contributed by atoms with Crippen LogP contribution in [0.2, 0.25) is 0 Å². The molecular weight excluding hydrogens is 238 g/mol. The lowest BCUT2D eigenvalue weighted by Crippen LogP contribution is -2.14. The van der Waals surface area contributed by atoms with Crippen LogP contribution in [0.15, 0.2) is 18.2 Å². The molecule has 1 unspecified atom stereocenters. The van der Waals surface area contributed by atoms with Crippen molar-refractivity contribution < 1.29 is 5.11 Å². The summed E-state index contributed by atoms with van der Waals surface area (Å²) in [7, 11) is 0. The van der Waals surface area contributed by atoms with Gasteiger partial charge in [-0.05, 0) is 38.3 Å². The van der Waals surface area contributed by atoms with Crippen molar-refractivity contribution in [1.29, 1.82) is 0 Å². The van der Waals surface area contributed by atoms with Gasteiger partial charge in [0.1, 0.15) is 11.9 Å².